The lowest BCUT2D eigenvalue weighted by molar-refractivity contribution is 0.333. The lowest BCUT2D eigenvalue weighted by Gasteiger charge is -2.49. The maximum atomic E-state index is 2.71. The van der Waals surface area contributed by atoms with Crippen LogP contribution in [0.15, 0.2) is 121 Å². The molecule has 1 aromatic heterocycles. The highest BCUT2D eigenvalue weighted by Crippen LogP contribution is 2.55. The van der Waals surface area contributed by atoms with Gasteiger partial charge in [0.2, 0.25) is 0 Å². The van der Waals surface area contributed by atoms with Crippen LogP contribution in [0.4, 0.5) is 34.1 Å². The van der Waals surface area contributed by atoms with Gasteiger partial charge in [-0.1, -0.05) is 169 Å². The molecule has 0 fully saturated rings. The zero-order valence-electron chi connectivity index (χ0n) is 39.3. The van der Waals surface area contributed by atoms with E-state index in [9.17, 15) is 0 Å². The molecule has 0 spiro atoms. The van der Waals surface area contributed by atoms with Crippen LogP contribution < -0.4 is 25.5 Å². The molecule has 0 saturated heterocycles. The molecule has 62 heavy (non-hydrogen) atoms. The molecule has 7 aromatic rings. The second-order valence-corrected chi connectivity index (χ2v) is 24.0. The molecule has 3 aliphatic rings. The van der Waals surface area contributed by atoms with E-state index in [1.165, 1.54) is 105 Å². The lowest BCUT2D eigenvalue weighted by atomic mass is 9.35. The fraction of sp³-hybridized carbons (Fsp3) is 0.345. The number of fused-ring (bicyclic) bond motifs is 8. The summed E-state index contributed by atoms with van der Waals surface area (Å²) < 4.78 is 2.76. The van der Waals surface area contributed by atoms with Crippen LogP contribution >= 0.6 is 11.3 Å². The molecule has 0 amide bonds. The average molecular weight is 831 g/mol. The zero-order chi connectivity index (χ0) is 43.9. The molecular formula is C58H63BN2S. The normalized spacial score (nSPS) is 16.5. The van der Waals surface area contributed by atoms with Crippen molar-refractivity contribution in [1.82, 2.24) is 0 Å². The van der Waals surface area contributed by atoms with E-state index in [0.29, 0.717) is 0 Å². The van der Waals surface area contributed by atoms with Crippen LogP contribution in [-0.4, -0.2) is 6.71 Å². The first-order valence-electron chi connectivity index (χ1n) is 22.9. The fourth-order valence-electron chi connectivity index (χ4n) is 10.8. The lowest BCUT2D eigenvalue weighted by Crippen LogP contribution is -2.61. The summed E-state index contributed by atoms with van der Waals surface area (Å²) in [5, 5.41) is 1.32. The molecule has 6 aromatic carbocycles. The second-order valence-electron chi connectivity index (χ2n) is 22.9. The largest absolute Gasteiger partial charge is 0.311 e. The van der Waals surface area contributed by atoms with E-state index >= 15 is 0 Å². The minimum Gasteiger partial charge on any atom is -0.311 e. The Labute approximate surface area is 376 Å². The van der Waals surface area contributed by atoms with Gasteiger partial charge in [0.05, 0.1) is 11.4 Å². The molecule has 1 aliphatic carbocycles. The number of hydrogen-bond acceptors (Lipinski definition) is 3. The Morgan fingerprint density at radius 3 is 1.79 bits per heavy atom. The zero-order valence-corrected chi connectivity index (χ0v) is 40.2. The van der Waals surface area contributed by atoms with E-state index in [2.05, 4.69) is 221 Å². The van der Waals surface area contributed by atoms with Crippen LogP contribution in [0.3, 0.4) is 0 Å². The van der Waals surface area contributed by atoms with Gasteiger partial charge in [-0.05, 0) is 127 Å². The minimum atomic E-state index is -0.110. The minimum absolute atomic E-state index is 0.00512. The van der Waals surface area contributed by atoms with Crippen LogP contribution in [0, 0.1) is 0 Å². The van der Waals surface area contributed by atoms with Crippen molar-refractivity contribution in [3.8, 4) is 11.1 Å². The van der Waals surface area contributed by atoms with Crippen molar-refractivity contribution >= 4 is 78.0 Å². The number of anilines is 6. The maximum Gasteiger partial charge on any atom is 0.264 e. The molecule has 3 heterocycles. The van der Waals surface area contributed by atoms with Gasteiger partial charge >= 0.3 is 0 Å². The topological polar surface area (TPSA) is 6.48 Å². The van der Waals surface area contributed by atoms with Gasteiger partial charge in [-0.2, -0.15) is 0 Å². The Balaban J connectivity index is 1.38. The molecule has 0 atom stereocenters. The molecule has 4 heteroatoms. The summed E-state index contributed by atoms with van der Waals surface area (Å²) in [6.07, 6.45) is 2.33. The first-order chi connectivity index (χ1) is 29.1. The van der Waals surface area contributed by atoms with Crippen molar-refractivity contribution in [3.05, 3.63) is 149 Å². The maximum absolute atomic E-state index is 2.71. The van der Waals surface area contributed by atoms with Crippen LogP contribution in [0.25, 0.3) is 21.2 Å². The van der Waals surface area contributed by atoms with Crippen molar-refractivity contribution in [1.29, 1.82) is 0 Å². The Hall–Kier alpha value is -5.06. The van der Waals surface area contributed by atoms with Crippen molar-refractivity contribution in [2.75, 3.05) is 9.80 Å². The van der Waals surface area contributed by atoms with Gasteiger partial charge in [-0.15, -0.1) is 11.3 Å². The first kappa shape index (κ1) is 41.0. The molecule has 2 nitrogen and oxygen atoms in total. The van der Waals surface area contributed by atoms with E-state index in [4.69, 9.17) is 0 Å². The second kappa shape index (κ2) is 13.7. The molecule has 0 saturated carbocycles. The van der Waals surface area contributed by atoms with E-state index < -0.39 is 0 Å². The van der Waals surface area contributed by atoms with Crippen molar-refractivity contribution in [2.45, 2.75) is 130 Å². The van der Waals surface area contributed by atoms with E-state index in [1.807, 2.05) is 11.3 Å². The summed E-state index contributed by atoms with van der Waals surface area (Å²) in [6.45, 7) is 31.1. The summed E-state index contributed by atoms with van der Waals surface area (Å²) in [7, 11) is 0. The van der Waals surface area contributed by atoms with Gasteiger partial charge < -0.3 is 9.80 Å². The molecule has 314 valence electrons. The van der Waals surface area contributed by atoms with Crippen molar-refractivity contribution < 1.29 is 0 Å². The first-order valence-corrected chi connectivity index (χ1v) is 23.8. The number of benzene rings is 6. The Kier molecular flexibility index (Phi) is 9.07. The Bertz CT molecular complexity index is 2910. The fourth-order valence-corrected chi connectivity index (χ4v) is 12.1. The van der Waals surface area contributed by atoms with Crippen LogP contribution in [-0.2, 0) is 27.1 Å². The smallest absolute Gasteiger partial charge is 0.264 e. The van der Waals surface area contributed by atoms with Gasteiger partial charge in [0.1, 0.15) is 0 Å². The highest BCUT2D eigenvalue weighted by atomic mass is 32.1. The van der Waals surface area contributed by atoms with Crippen LogP contribution in [0.2, 0.25) is 0 Å². The number of thiophene rings is 1. The highest BCUT2D eigenvalue weighted by Gasteiger charge is 2.50. The van der Waals surface area contributed by atoms with Gasteiger partial charge in [0, 0.05) is 43.2 Å². The van der Waals surface area contributed by atoms with E-state index in [1.54, 1.807) is 0 Å². The number of nitrogens with zero attached hydrogens (tertiary/aromatic N) is 2. The summed E-state index contributed by atoms with van der Waals surface area (Å²) in [4.78, 5) is 5.40. The van der Waals surface area contributed by atoms with E-state index in [-0.39, 0.29) is 33.8 Å². The third kappa shape index (κ3) is 6.33. The predicted molar refractivity (Wildman–Crippen MR) is 273 cm³/mol. The Morgan fingerprint density at radius 1 is 0.532 bits per heavy atom. The molecule has 0 N–H and O–H groups in total. The summed E-state index contributed by atoms with van der Waals surface area (Å²) in [6, 6.07) is 47.3. The standard InChI is InChI=1S/C58H63BN2S/c1-54(2,3)37-23-26-40(27-24-37)60-46-34-39(56(7,8)9)35-47-50(46)59(44-29-28-43-49(52(44)60)58(12,13)32-31-57(43,10)11)53-51(41-21-17-18-22-48(41)62-53)61(47)45-30-25-38(55(4,5)6)33-42(45)36-19-15-14-16-20-36/h14-30,33-35H,31-32H2,1-13H3. The molecule has 0 bridgehead atoms. The predicted octanol–water partition coefficient (Wildman–Crippen LogP) is 14.9. The third-order valence-corrected chi connectivity index (χ3v) is 15.8. The molecule has 0 radical (unpaired) electrons. The summed E-state index contributed by atoms with van der Waals surface area (Å²) in [5.74, 6) is 0. The monoisotopic (exact) mass is 830 g/mol. The summed E-state index contributed by atoms with van der Waals surface area (Å²) in [5.41, 5.74) is 20.1. The molecule has 10 rings (SSSR count). The van der Waals surface area contributed by atoms with Crippen LogP contribution in [0.5, 0.6) is 0 Å². The third-order valence-electron chi connectivity index (χ3n) is 14.6. The quantitative estimate of drug-likeness (QED) is 0.164. The van der Waals surface area contributed by atoms with Crippen molar-refractivity contribution in [3.63, 3.8) is 0 Å². The van der Waals surface area contributed by atoms with Gasteiger partial charge in [-0.3, -0.25) is 0 Å². The van der Waals surface area contributed by atoms with Gasteiger partial charge in [-0.25, -0.2) is 0 Å². The summed E-state index contributed by atoms with van der Waals surface area (Å²) >= 11 is 2.00. The van der Waals surface area contributed by atoms with Crippen molar-refractivity contribution in [2.24, 2.45) is 0 Å². The number of hydrogen-bond donors (Lipinski definition) is 0. The van der Waals surface area contributed by atoms with Gasteiger partial charge in [0.25, 0.3) is 6.71 Å². The highest BCUT2D eigenvalue weighted by molar-refractivity contribution is 7.33. The van der Waals surface area contributed by atoms with Crippen LogP contribution in [0.1, 0.15) is 131 Å². The average Bonchev–Trinajstić information content (AvgIpc) is 3.60. The SMILES string of the molecule is CC(C)(C)c1ccc(N2c3cc(C(C)(C)C)cc4c3B(c3ccc5c(c32)C(C)(C)CCC5(C)C)c2sc3ccccc3c2N4c2ccc(C(C)(C)C)cc2-c2ccccc2)cc1. The van der Waals surface area contributed by atoms with Gasteiger partial charge in [0.15, 0.2) is 0 Å². The molecular weight excluding hydrogens is 768 g/mol. The van der Waals surface area contributed by atoms with E-state index in [0.717, 1.165) is 6.42 Å². The Morgan fingerprint density at radius 2 is 1.13 bits per heavy atom. The molecule has 0 unspecified atom stereocenters. The number of rotatable bonds is 3. The molecule has 2 aliphatic heterocycles.